The molecule has 1 N–H and O–H groups in total. The molecule has 0 unspecified atom stereocenters. The maximum Gasteiger partial charge on any atom is 0.224 e. The maximum absolute atomic E-state index is 13.4. The van der Waals surface area contributed by atoms with Gasteiger partial charge in [-0.15, -0.1) is 0 Å². The number of nitrogens with zero attached hydrogens (tertiary/aromatic N) is 1. The van der Waals surface area contributed by atoms with E-state index in [1.54, 1.807) is 6.92 Å². The Morgan fingerprint density at radius 2 is 1.49 bits per heavy atom. The highest BCUT2D eigenvalue weighted by atomic mass is 16.2. The minimum atomic E-state index is -0.829. The lowest BCUT2D eigenvalue weighted by Gasteiger charge is -2.35. The van der Waals surface area contributed by atoms with E-state index in [0.29, 0.717) is 12.5 Å². The molecule has 228 valence electrons. The van der Waals surface area contributed by atoms with Crippen molar-refractivity contribution in [2.45, 2.75) is 106 Å². The highest BCUT2D eigenvalue weighted by molar-refractivity contribution is 6.38. The third kappa shape index (κ3) is 10.6. The highest BCUT2D eigenvalue weighted by Gasteiger charge is 2.38. The fourth-order valence-corrected chi connectivity index (χ4v) is 5.55. The molecule has 0 radical (unpaired) electrons. The third-order valence-electron chi connectivity index (χ3n) is 8.65. The summed E-state index contributed by atoms with van der Waals surface area (Å²) in [6.07, 6.45) is 2.22. The van der Waals surface area contributed by atoms with Gasteiger partial charge in [0.25, 0.3) is 0 Å². The van der Waals surface area contributed by atoms with Crippen molar-refractivity contribution in [3.8, 4) is 0 Å². The van der Waals surface area contributed by atoms with Crippen molar-refractivity contribution in [2.75, 3.05) is 13.1 Å². The quantitative estimate of drug-likeness (QED) is 0.291. The summed E-state index contributed by atoms with van der Waals surface area (Å²) in [5.74, 6) is -3.04. The summed E-state index contributed by atoms with van der Waals surface area (Å²) < 4.78 is 0. The summed E-state index contributed by atoms with van der Waals surface area (Å²) in [7, 11) is 0. The molecule has 1 aromatic carbocycles. The van der Waals surface area contributed by atoms with Gasteiger partial charge in [-0.3, -0.25) is 24.0 Å². The van der Waals surface area contributed by atoms with Crippen LogP contribution in [0, 0.1) is 29.1 Å². The maximum atomic E-state index is 13.4. The van der Waals surface area contributed by atoms with Gasteiger partial charge in [0.15, 0.2) is 11.6 Å². The number of aryl methyl sites for hydroxylation is 1. The lowest BCUT2D eigenvalue weighted by atomic mass is 9.74. The minimum absolute atomic E-state index is 0.0426. The fraction of sp³-hybridized carbons (Fsp3) is 0.676. The number of Topliss-reactive ketones (excluding diaryl/α,β-unsaturated/α-hetero) is 4. The van der Waals surface area contributed by atoms with E-state index < -0.39 is 34.9 Å². The van der Waals surface area contributed by atoms with E-state index in [-0.39, 0.29) is 48.6 Å². The molecule has 7 heteroatoms. The van der Waals surface area contributed by atoms with Crippen molar-refractivity contribution in [3.63, 3.8) is 0 Å². The van der Waals surface area contributed by atoms with E-state index in [4.69, 9.17) is 0 Å². The van der Waals surface area contributed by atoms with E-state index in [1.807, 2.05) is 65.0 Å². The average molecular weight is 569 g/mol. The molecule has 0 saturated carbocycles. The van der Waals surface area contributed by atoms with Crippen molar-refractivity contribution in [3.05, 3.63) is 35.9 Å². The summed E-state index contributed by atoms with van der Waals surface area (Å²) in [5.41, 5.74) is 0.512. The van der Waals surface area contributed by atoms with Crippen LogP contribution in [-0.4, -0.2) is 59.1 Å². The number of likely N-dealkylation sites (tertiary alicyclic amines) is 1. The van der Waals surface area contributed by atoms with E-state index >= 15 is 0 Å². The SMILES string of the molecule is CC(C)[C@H](CC(=O)[C@H](C)NC(=O)[C@@H](CC(=O)C1CCN(C(C)C)CC1)C(C)(C)C)C(=O)C(=O)CCc1ccccc1. The number of nitrogens with one attached hydrogen (secondary N) is 1. The molecule has 1 aliphatic rings. The topological polar surface area (TPSA) is 101 Å². The molecular weight excluding hydrogens is 516 g/mol. The molecule has 1 heterocycles. The second kappa shape index (κ2) is 15.5. The molecule has 7 nitrogen and oxygen atoms in total. The van der Waals surface area contributed by atoms with Crippen molar-refractivity contribution in [1.82, 2.24) is 10.2 Å². The van der Waals surface area contributed by atoms with Gasteiger partial charge in [-0.05, 0) is 70.0 Å². The van der Waals surface area contributed by atoms with E-state index in [1.165, 1.54) is 0 Å². The zero-order valence-electron chi connectivity index (χ0n) is 26.5. The van der Waals surface area contributed by atoms with Gasteiger partial charge >= 0.3 is 0 Å². The van der Waals surface area contributed by atoms with Crippen LogP contribution in [0.1, 0.15) is 93.1 Å². The number of benzene rings is 1. The summed E-state index contributed by atoms with van der Waals surface area (Å²) in [5, 5.41) is 2.83. The second-order valence-electron chi connectivity index (χ2n) is 13.5. The predicted molar refractivity (Wildman–Crippen MR) is 162 cm³/mol. The van der Waals surface area contributed by atoms with Crippen LogP contribution in [-0.2, 0) is 30.4 Å². The van der Waals surface area contributed by atoms with Gasteiger partial charge in [0.2, 0.25) is 11.7 Å². The molecule has 0 aromatic heterocycles. The molecule has 2 rings (SSSR count). The summed E-state index contributed by atoms with van der Waals surface area (Å²) in [6.45, 7) is 17.2. The minimum Gasteiger partial charge on any atom is -0.346 e. The van der Waals surface area contributed by atoms with Crippen molar-refractivity contribution >= 4 is 29.0 Å². The predicted octanol–water partition coefficient (Wildman–Crippen LogP) is 5.24. The molecule has 1 aliphatic heterocycles. The fourth-order valence-electron chi connectivity index (χ4n) is 5.55. The Morgan fingerprint density at radius 3 is 2.00 bits per heavy atom. The first kappa shape index (κ1) is 34.5. The Bertz CT molecular complexity index is 1050. The Kier molecular flexibility index (Phi) is 13.1. The molecule has 0 bridgehead atoms. The molecule has 0 aliphatic carbocycles. The standard InChI is InChI=1S/C34H52N2O5/c1-22(2)27(32(40)29(37)15-14-25-12-10-9-11-13-25)20-30(38)24(5)35-33(41)28(34(6,7)8)21-31(39)26-16-18-36(19-17-26)23(3)4/h9-13,22-24,26-28H,14-21H2,1-8H3,(H,35,41)/t24-,27-,28+/m0/s1. The Hall–Kier alpha value is -2.67. The van der Waals surface area contributed by atoms with E-state index in [2.05, 4.69) is 24.1 Å². The van der Waals surface area contributed by atoms with Crippen LogP contribution in [0.4, 0.5) is 0 Å². The number of hydrogen-bond acceptors (Lipinski definition) is 6. The molecule has 1 fully saturated rings. The van der Waals surface area contributed by atoms with Crippen LogP contribution in [0.3, 0.4) is 0 Å². The number of carbonyl (C=O) groups is 5. The van der Waals surface area contributed by atoms with E-state index in [0.717, 1.165) is 31.5 Å². The van der Waals surface area contributed by atoms with Gasteiger partial charge in [0, 0.05) is 43.1 Å². The van der Waals surface area contributed by atoms with Crippen molar-refractivity contribution in [2.24, 2.45) is 29.1 Å². The first-order chi connectivity index (χ1) is 19.1. The molecular formula is C34H52N2O5. The van der Waals surface area contributed by atoms with Crippen LogP contribution in [0.5, 0.6) is 0 Å². The number of hydrogen-bond donors (Lipinski definition) is 1. The van der Waals surface area contributed by atoms with Crippen LogP contribution < -0.4 is 5.32 Å². The number of ketones is 4. The van der Waals surface area contributed by atoms with Gasteiger partial charge in [-0.1, -0.05) is 65.0 Å². The monoisotopic (exact) mass is 568 g/mol. The Morgan fingerprint density at radius 1 is 0.902 bits per heavy atom. The lowest BCUT2D eigenvalue weighted by Crippen LogP contribution is -2.47. The zero-order chi connectivity index (χ0) is 30.9. The van der Waals surface area contributed by atoms with E-state index in [9.17, 15) is 24.0 Å². The molecule has 3 atom stereocenters. The van der Waals surface area contributed by atoms with Gasteiger partial charge in [0.1, 0.15) is 5.78 Å². The van der Waals surface area contributed by atoms with Crippen LogP contribution in [0.15, 0.2) is 30.3 Å². The number of piperidine rings is 1. The van der Waals surface area contributed by atoms with Gasteiger partial charge in [-0.25, -0.2) is 0 Å². The number of carbonyl (C=O) groups excluding carboxylic acids is 5. The van der Waals surface area contributed by atoms with Gasteiger partial charge in [-0.2, -0.15) is 0 Å². The second-order valence-corrected chi connectivity index (χ2v) is 13.5. The van der Waals surface area contributed by atoms with Gasteiger partial charge in [0.05, 0.1) is 6.04 Å². The Labute approximate surface area is 247 Å². The molecule has 1 amide bonds. The van der Waals surface area contributed by atoms with Crippen LogP contribution >= 0.6 is 0 Å². The normalized spacial score (nSPS) is 17.2. The highest BCUT2D eigenvalue weighted by Crippen LogP contribution is 2.32. The Balaban J connectivity index is 1.98. The zero-order valence-corrected chi connectivity index (χ0v) is 26.5. The lowest BCUT2D eigenvalue weighted by molar-refractivity contribution is -0.141. The smallest absolute Gasteiger partial charge is 0.224 e. The number of amides is 1. The average Bonchev–Trinajstić information content (AvgIpc) is 2.92. The van der Waals surface area contributed by atoms with Crippen LogP contribution in [0.2, 0.25) is 0 Å². The summed E-state index contributed by atoms with van der Waals surface area (Å²) in [4.78, 5) is 67.9. The van der Waals surface area contributed by atoms with Crippen molar-refractivity contribution in [1.29, 1.82) is 0 Å². The molecule has 1 saturated heterocycles. The molecule has 1 aromatic rings. The largest absolute Gasteiger partial charge is 0.346 e. The molecule has 0 spiro atoms. The van der Waals surface area contributed by atoms with Crippen molar-refractivity contribution < 1.29 is 24.0 Å². The first-order valence-corrected chi connectivity index (χ1v) is 15.3. The van der Waals surface area contributed by atoms with Gasteiger partial charge < -0.3 is 10.2 Å². The molecule has 41 heavy (non-hydrogen) atoms. The number of rotatable bonds is 15. The summed E-state index contributed by atoms with van der Waals surface area (Å²) in [6, 6.07) is 9.14. The summed E-state index contributed by atoms with van der Waals surface area (Å²) >= 11 is 0. The van der Waals surface area contributed by atoms with Crippen LogP contribution in [0.25, 0.3) is 0 Å². The third-order valence-corrected chi connectivity index (χ3v) is 8.65. The first-order valence-electron chi connectivity index (χ1n) is 15.3.